The minimum absolute atomic E-state index is 0.0573. The first-order valence-electron chi connectivity index (χ1n) is 11.3. The number of rotatable bonds is 7. The fourth-order valence-electron chi connectivity index (χ4n) is 4.48. The zero-order valence-electron chi connectivity index (χ0n) is 18.7. The van der Waals surface area contributed by atoms with Crippen molar-refractivity contribution in [3.63, 3.8) is 0 Å². The van der Waals surface area contributed by atoms with E-state index in [2.05, 4.69) is 10.3 Å². The van der Waals surface area contributed by atoms with Crippen molar-refractivity contribution in [2.75, 3.05) is 13.1 Å². The van der Waals surface area contributed by atoms with Gasteiger partial charge in [0.05, 0.1) is 16.1 Å². The molecule has 4 rings (SSSR count). The topological polar surface area (TPSA) is 95.9 Å². The predicted octanol–water partition coefficient (Wildman–Crippen LogP) is 2.83. The average molecular weight is 458 g/mol. The summed E-state index contributed by atoms with van der Waals surface area (Å²) in [7, 11) is -3.27. The molecule has 1 aliphatic carbocycles. The van der Waals surface area contributed by atoms with E-state index < -0.39 is 15.8 Å². The fourth-order valence-corrected chi connectivity index (χ4v) is 6.14. The third kappa shape index (κ3) is 5.11. The molecule has 2 heterocycles. The van der Waals surface area contributed by atoms with Crippen LogP contribution in [-0.2, 0) is 19.4 Å². The van der Waals surface area contributed by atoms with E-state index in [1.165, 1.54) is 0 Å². The summed E-state index contributed by atoms with van der Waals surface area (Å²) in [4.78, 5) is 31.6. The number of benzene rings is 1. The van der Waals surface area contributed by atoms with Gasteiger partial charge in [-0.05, 0) is 61.8 Å². The fraction of sp³-hybridized carbons (Fsp3) is 0.542. The summed E-state index contributed by atoms with van der Waals surface area (Å²) in [6, 6.07) is 6.80. The third-order valence-electron chi connectivity index (χ3n) is 6.62. The van der Waals surface area contributed by atoms with E-state index in [4.69, 9.17) is 0 Å². The lowest BCUT2D eigenvalue weighted by Crippen LogP contribution is -2.38. The molecule has 0 radical (unpaired) electrons. The van der Waals surface area contributed by atoms with Crippen LogP contribution in [0.2, 0.25) is 0 Å². The minimum Gasteiger partial charge on any atom is -0.343 e. The van der Waals surface area contributed by atoms with Crippen molar-refractivity contribution in [3.05, 3.63) is 41.5 Å². The largest absolute Gasteiger partial charge is 0.343 e. The summed E-state index contributed by atoms with van der Waals surface area (Å²) in [5, 5.41) is 2.78. The van der Waals surface area contributed by atoms with Gasteiger partial charge in [0.2, 0.25) is 11.8 Å². The van der Waals surface area contributed by atoms with E-state index in [1.807, 2.05) is 17.9 Å². The number of likely N-dealkylation sites (tertiary alicyclic amines) is 1. The standard InChI is InChI=1S/C24H31N3O4S/c1-16-3-10-23(25-14-16)26-24(29)22(13-18-11-12-27(15-18)17(2)28)19-4-6-20(7-5-19)32(30,31)21-8-9-21/h3-7,14,18,21-23H,8-13,15H2,1-2H3,(H,26,29)/t18-,22-,23?/m1/s1. The minimum atomic E-state index is -3.27. The van der Waals surface area contributed by atoms with Crippen LogP contribution in [0, 0.1) is 5.92 Å². The summed E-state index contributed by atoms with van der Waals surface area (Å²) in [5.41, 5.74) is 1.87. The Bertz CT molecular complexity index is 1040. The van der Waals surface area contributed by atoms with E-state index in [1.54, 1.807) is 37.4 Å². The Labute approximate surface area is 189 Å². The molecule has 2 aliphatic heterocycles. The quantitative estimate of drug-likeness (QED) is 0.681. The van der Waals surface area contributed by atoms with Crippen LogP contribution in [0.25, 0.3) is 0 Å². The van der Waals surface area contributed by atoms with Crippen LogP contribution in [0.3, 0.4) is 0 Å². The van der Waals surface area contributed by atoms with Gasteiger partial charge in [-0.1, -0.05) is 18.2 Å². The maximum atomic E-state index is 13.3. The monoisotopic (exact) mass is 457 g/mol. The molecule has 172 valence electrons. The predicted molar refractivity (Wildman–Crippen MR) is 123 cm³/mol. The molecule has 2 amide bonds. The molecular weight excluding hydrogens is 426 g/mol. The number of amides is 2. The number of aliphatic imine (C=N–C) groups is 1. The third-order valence-corrected chi connectivity index (χ3v) is 8.90. The summed E-state index contributed by atoms with van der Waals surface area (Å²) >= 11 is 0. The Kier molecular flexibility index (Phi) is 6.51. The van der Waals surface area contributed by atoms with Crippen LogP contribution in [0.4, 0.5) is 0 Å². The highest BCUT2D eigenvalue weighted by molar-refractivity contribution is 7.92. The van der Waals surface area contributed by atoms with Crippen LogP contribution in [0.15, 0.2) is 45.8 Å². The molecule has 0 spiro atoms. The maximum Gasteiger partial charge on any atom is 0.229 e. The molecule has 3 aliphatic rings. The Balaban J connectivity index is 1.52. The molecule has 8 heteroatoms. The van der Waals surface area contributed by atoms with Gasteiger partial charge in [-0.2, -0.15) is 0 Å². The van der Waals surface area contributed by atoms with E-state index >= 15 is 0 Å². The van der Waals surface area contributed by atoms with Crippen molar-refractivity contribution in [3.8, 4) is 0 Å². The second-order valence-corrected chi connectivity index (χ2v) is 11.4. The molecule has 2 fully saturated rings. The number of nitrogens with one attached hydrogen (secondary N) is 1. The van der Waals surface area contributed by atoms with Gasteiger partial charge in [0.25, 0.3) is 0 Å². The van der Waals surface area contributed by atoms with Crippen molar-refractivity contribution in [2.24, 2.45) is 10.9 Å². The van der Waals surface area contributed by atoms with Crippen LogP contribution >= 0.6 is 0 Å². The van der Waals surface area contributed by atoms with Gasteiger partial charge in [-0.3, -0.25) is 14.6 Å². The molecular formula is C24H31N3O4S. The molecule has 3 atom stereocenters. The first-order valence-corrected chi connectivity index (χ1v) is 12.9. The second kappa shape index (κ2) is 9.17. The highest BCUT2D eigenvalue weighted by Crippen LogP contribution is 2.35. The van der Waals surface area contributed by atoms with E-state index in [0.29, 0.717) is 30.8 Å². The van der Waals surface area contributed by atoms with Gasteiger partial charge in [-0.15, -0.1) is 0 Å². The molecule has 1 saturated carbocycles. The Morgan fingerprint density at radius 1 is 1.19 bits per heavy atom. The summed E-state index contributed by atoms with van der Waals surface area (Å²) in [5.74, 6) is -0.255. The number of allylic oxidation sites excluding steroid dienone is 1. The normalized spacial score (nSPS) is 24.2. The Morgan fingerprint density at radius 2 is 1.91 bits per heavy atom. The zero-order chi connectivity index (χ0) is 22.9. The molecule has 1 N–H and O–H groups in total. The van der Waals surface area contributed by atoms with Crippen LogP contribution in [0.1, 0.15) is 57.4 Å². The SMILES string of the molecule is CC(=O)N1CC[C@H](C[C@@H](C(=O)NC2CC=C(C)C=N2)c2ccc(S(=O)(=O)C3CC3)cc2)C1. The highest BCUT2D eigenvalue weighted by atomic mass is 32.2. The zero-order valence-corrected chi connectivity index (χ0v) is 19.5. The van der Waals surface area contributed by atoms with Gasteiger partial charge in [0.1, 0.15) is 6.17 Å². The lowest BCUT2D eigenvalue weighted by molar-refractivity contribution is -0.127. The van der Waals surface area contributed by atoms with Gasteiger partial charge in [-0.25, -0.2) is 8.42 Å². The molecule has 7 nitrogen and oxygen atoms in total. The number of nitrogens with zero attached hydrogens (tertiary/aromatic N) is 2. The molecule has 1 saturated heterocycles. The van der Waals surface area contributed by atoms with Crippen molar-refractivity contribution in [1.82, 2.24) is 10.2 Å². The number of carbonyl (C=O) groups is 2. The van der Waals surface area contributed by atoms with Crippen LogP contribution < -0.4 is 5.32 Å². The number of hydrogen-bond donors (Lipinski definition) is 1. The van der Waals surface area contributed by atoms with Gasteiger partial charge in [0, 0.05) is 32.6 Å². The Morgan fingerprint density at radius 3 is 2.47 bits per heavy atom. The average Bonchev–Trinajstić information content (AvgIpc) is 3.53. The summed E-state index contributed by atoms with van der Waals surface area (Å²) in [6.45, 7) is 4.91. The Hall–Kier alpha value is -2.48. The van der Waals surface area contributed by atoms with Gasteiger partial charge >= 0.3 is 0 Å². The van der Waals surface area contributed by atoms with Gasteiger partial charge < -0.3 is 10.2 Å². The second-order valence-electron chi connectivity index (χ2n) is 9.21. The molecule has 1 aromatic carbocycles. The summed E-state index contributed by atoms with van der Waals surface area (Å²) in [6.07, 6.45) is 7.09. The lowest BCUT2D eigenvalue weighted by Gasteiger charge is -2.24. The van der Waals surface area contributed by atoms with Crippen molar-refractivity contribution >= 4 is 27.9 Å². The van der Waals surface area contributed by atoms with Crippen LogP contribution in [-0.4, -0.2) is 55.9 Å². The van der Waals surface area contributed by atoms with Crippen molar-refractivity contribution in [2.45, 2.75) is 68.2 Å². The first-order chi connectivity index (χ1) is 15.2. The van der Waals surface area contributed by atoms with E-state index in [0.717, 1.165) is 30.4 Å². The summed E-state index contributed by atoms with van der Waals surface area (Å²) < 4.78 is 25.1. The molecule has 1 unspecified atom stereocenters. The highest BCUT2D eigenvalue weighted by Gasteiger charge is 2.37. The first kappa shape index (κ1) is 22.7. The van der Waals surface area contributed by atoms with Crippen LogP contribution in [0.5, 0.6) is 0 Å². The maximum absolute atomic E-state index is 13.3. The molecule has 1 aromatic rings. The van der Waals surface area contributed by atoms with Crippen molar-refractivity contribution in [1.29, 1.82) is 0 Å². The molecule has 0 aromatic heterocycles. The molecule has 32 heavy (non-hydrogen) atoms. The number of dihydropyridines is 1. The van der Waals surface area contributed by atoms with Gasteiger partial charge in [0.15, 0.2) is 9.84 Å². The number of sulfone groups is 1. The smallest absolute Gasteiger partial charge is 0.229 e. The van der Waals surface area contributed by atoms with Crippen molar-refractivity contribution < 1.29 is 18.0 Å². The molecule has 0 bridgehead atoms. The number of carbonyl (C=O) groups excluding carboxylic acids is 2. The lowest BCUT2D eigenvalue weighted by atomic mass is 9.87. The van der Waals surface area contributed by atoms with E-state index in [-0.39, 0.29) is 29.1 Å². The number of hydrogen-bond acceptors (Lipinski definition) is 5. The van der Waals surface area contributed by atoms with E-state index in [9.17, 15) is 18.0 Å².